The van der Waals surface area contributed by atoms with Gasteiger partial charge in [0.15, 0.2) is 0 Å². The largest absolute Gasteiger partial charge is 0.457 e. The molecule has 178 valence electrons. The third-order valence-corrected chi connectivity index (χ3v) is 5.65. The van der Waals surface area contributed by atoms with E-state index in [2.05, 4.69) is 20.6 Å². The first kappa shape index (κ1) is 23.4. The summed E-state index contributed by atoms with van der Waals surface area (Å²) in [7, 11) is 0. The summed E-state index contributed by atoms with van der Waals surface area (Å²) >= 11 is 0. The van der Waals surface area contributed by atoms with Crippen LogP contribution in [0.25, 0.3) is 0 Å². The van der Waals surface area contributed by atoms with Gasteiger partial charge in [0.05, 0.1) is 24.9 Å². The molecule has 0 fully saturated rings. The lowest BCUT2D eigenvalue weighted by Crippen LogP contribution is -2.44. The molecule has 1 aromatic heterocycles. The highest BCUT2D eigenvalue weighted by Crippen LogP contribution is 2.24. The lowest BCUT2D eigenvalue weighted by molar-refractivity contribution is 0.188. The molecule has 3 aromatic rings. The molecular weight excluding hydrogens is 437 g/mol. The highest BCUT2D eigenvalue weighted by molar-refractivity contribution is 5.75. The molecular formula is C25H28FN5O3. The van der Waals surface area contributed by atoms with Crippen molar-refractivity contribution >= 4 is 12.0 Å². The van der Waals surface area contributed by atoms with Crippen molar-refractivity contribution in [3.63, 3.8) is 0 Å². The van der Waals surface area contributed by atoms with Crippen molar-refractivity contribution in [1.29, 1.82) is 0 Å². The minimum Gasteiger partial charge on any atom is -0.457 e. The molecule has 2 heterocycles. The smallest absolute Gasteiger partial charge is 0.318 e. The van der Waals surface area contributed by atoms with Crippen molar-refractivity contribution in [2.45, 2.75) is 38.9 Å². The number of rotatable bonds is 7. The van der Waals surface area contributed by atoms with E-state index in [4.69, 9.17) is 4.74 Å². The van der Waals surface area contributed by atoms with Crippen molar-refractivity contribution < 1.29 is 19.0 Å². The minimum atomic E-state index is -0.315. The van der Waals surface area contributed by atoms with Gasteiger partial charge in [0.1, 0.15) is 17.3 Å². The van der Waals surface area contributed by atoms with Gasteiger partial charge in [0.2, 0.25) is 5.95 Å². The molecule has 0 unspecified atom stereocenters. The maximum Gasteiger partial charge on any atom is 0.318 e. The lowest BCUT2D eigenvalue weighted by atomic mass is 10.1. The quantitative estimate of drug-likeness (QED) is 0.487. The van der Waals surface area contributed by atoms with Gasteiger partial charge in [-0.25, -0.2) is 19.2 Å². The van der Waals surface area contributed by atoms with Crippen molar-refractivity contribution in [3.05, 3.63) is 77.4 Å². The second kappa shape index (κ2) is 10.5. The molecule has 8 nitrogen and oxygen atoms in total. The van der Waals surface area contributed by atoms with Crippen LogP contribution in [0.15, 0.2) is 54.7 Å². The first-order valence-electron chi connectivity index (χ1n) is 11.2. The highest BCUT2D eigenvalue weighted by atomic mass is 19.1. The standard InChI is InChI=1S/C25H28FN5O3/c1-16(15-32)28-24-27-13-19-11-12-31(14-23(19)30-24)25(33)29-17(2)18-3-7-21(8-4-18)34-22-9-5-20(26)6-10-22/h3-10,13,16-17,32H,11-12,14-15H2,1-2H3,(H,29,33)(H,27,28,30)/t16-,17+/m0/s1. The molecule has 9 heteroatoms. The Morgan fingerprint density at radius 3 is 2.50 bits per heavy atom. The van der Waals surface area contributed by atoms with E-state index in [0.717, 1.165) is 16.8 Å². The number of aromatic nitrogens is 2. The first-order valence-corrected chi connectivity index (χ1v) is 11.2. The fourth-order valence-corrected chi connectivity index (χ4v) is 3.64. The number of aliphatic hydroxyl groups excluding tert-OH is 1. The molecule has 2 aromatic carbocycles. The molecule has 0 saturated heterocycles. The third-order valence-electron chi connectivity index (χ3n) is 5.65. The maximum absolute atomic E-state index is 13.0. The van der Waals surface area contributed by atoms with Gasteiger partial charge in [-0.1, -0.05) is 12.1 Å². The molecule has 1 aliphatic rings. The number of fused-ring (bicyclic) bond motifs is 1. The Morgan fingerprint density at radius 1 is 1.15 bits per heavy atom. The van der Waals surface area contributed by atoms with Gasteiger partial charge >= 0.3 is 6.03 Å². The van der Waals surface area contributed by atoms with E-state index in [-0.39, 0.29) is 30.5 Å². The second-order valence-corrected chi connectivity index (χ2v) is 8.36. The van der Waals surface area contributed by atoms with Crippen LogP contribution in [0.5, 0.6) is 11.5 Å². The molecule has 3 N–H and O–H groups in total. The summed E-state index contributed by atoms with van der Waals surface area (Å²) in [6, 6.07) is 12.7. The summed E-state index contributed by atoms with van der Waals surface area (Å²) in [5.41, 5.74) is 2.76. The zero-order valence-electron chi connectivity index (χ0n) is 19.2. The van der Waals surface area contributed by atoms with E-state index in [1.165, 1.54) is 12.1 Å². The van der Waals surface area contributed by atoms with Crippen LogP contribution in [-0.4, -0.2) is 45.2 Å². The molecule has 0 bridgehead atoms. The van der Waals surface area contributed by atoms with Crippen molar-refractivity contribution in [2.75, 3.05) is 18.5 Å². The molecule has 0 saturated carbocycles. The summed E-state index contributed by atoms with van der Waals surface area (Å²) in [4.78, 5) is 23.5. The molecule has 0 aliphatic carbocycles. The van der Waals surface area contributed by atoms with Gasteiger partial charge in [-0.2, -0.15) is 0 Å². The lowest BCUT2D eigenvalue weighted by Gasteiger charge is -2.29. The Bertz CT molecular complexity index is 1120. The monoisotopic (exact) mass is 465 g/mol. The molecule has 1 aliphatic heterocycles. The van der Waals surface area contributed by atoms with E-state index in [1.54, 1.807) is 23.2 Å². The highest BCUT2D eigenvalue weighted by Gasteiger charge is 2.24. The van der Waals surface area contributed by atoms with Gasteiger partial charge in [-0.05, 0) is 67.8 Å². The Balaban J connectivity index is 1.34. The number of ether oxygens (including phenoxy) is 1. The number of nitrogens with one attached hydrogen (secondary N) is 2. The predicted octanol–water partition coefficient (Wildman–Crippen LogP) is 4.03. The molecule has 0 radical (unpaired) electrons. The van der Waals surface area contributed by atoms with Gasteiger partial charge in [-0.3, -0.25) is 0 Å². The number of hydrogen-bond acceptors (Lipinski definition) is 6. The van der Waals surface area contributed by atoms with Gasteiger partial charge in [0, 0.05) is 18.8 Å². The number of aliphatic hydroxyl groups is 1. The Kier molecular flexibility index (Phi) is 7.22. The number of amides is 2. The average molecular weight is 466 g/mol. The van der Waals surface area contributed by atoms with Crippen LogP contribution in [0.4, 0.5) is 15.1 Å². The third kappa shape index (κ3) is 5.79. The van der Waals surface area contributed by atoms with Gasteiger partial charge in [-0.15, -0.1) is 0 Å². The van der Waals surface area contributed by atoms with Crippen LogP contribution in [0.3, 0.4) is 0 Å². The number of benzene rings is 2. The predicted molar refractivity (Wildman–Crippen MR) is 126 cm³/mol. The Morgan fingerprint density at radius 2 is 1.82 bits per heavy atom. The number of halogens is 1. The normalized spacial score (nSPS) is 14.6. The Hall–Kier alpha value is -3.72. The van der Waals surface area contributed by atoms with E-state index in [9.17, 15) is 14.3 Å². The zero-order chi connectivity index (χ0) is 24.1. The molecule has 2 amide bonds. The maximum atomic E-state index is 13.0. The number of nitrogens with zero attached hydrogens (tertiary/aromatic N) is 3. The SMILES string of the molecule is C[C@@H](CO)Nc1ncc2c(n1)CN(C(=O)N[C@H](C)c1ccc(Oc3ccc(F)cc3)cc1)CC2. The second-order valence-electron chi connectivity index (χ2n) is 8.36. The van der Waals surface area contributed by atoms with E-state index < -0.39 is 0 Å². The van der Waals surface area contributed by atoms with E-state index in [0.29, 0.717) is 37.0 Å². The number of anilines is 1. The fraction of sp³-hybridized carbons (Fsp3) is 0.320. The van der Waals surface area contributed by atoms with Crippen molar-refractivity contribution in [2.24, 2.45) is 0 Å². The molecule has 34 heavy (non-hydrogen) atoms. The van der Waals surface area contributed by atoms with Gasteiger partial charge in [0.25, 0.3) is 0 Å². The molecule has 2 atom stereocenters. The topological polar surface area (TPSA) is 99.6 Å². The molecule has 0 spiro atoms. The van der Waals surface area contributed by atoms with Crippen LogP contribution in [0.2, 0.25) is 0 Å². The average Bonchev–Trinajstić information content (AvgIpc) is 2.85. The van der Waals surface area contributed by atoms with Crippen molar-refractivity contribution in [3.8, 4) is 11.5 Å². The van der Waals surface area contributed by atoms with Crippen LogP contribution in [-0.2, 0) is 13.0 Å². The minimum absolute atomic E-state index is 0.0216. The summed E-state index contributed by atoms with van der Waals surface area (Å²) in [6.45, 7) is 4.71. The summed E-state index contributed by atoms with van der Waals surface area (Å²) in [5, 5.41) is 15.3. The number of carbonyl (C=O) groups is 1. The first-order chi connectivity index (χ1) is 16.4. The van der Waals surface area contributed by atoms with Crippen LogP contribution < -0.4 is 15.4 Å². The number of hydrogen-bond donors (Lipinski definition) is 3. The Labute approximate surface area is 197 Å². The molecule has 4 rings (SSSR count). The van der Waals surface area contributed by atoms with E-state index >= 15 is 0 Å². The summed E-state index contributed by atoms with van der Waals surface area (Å²) in [5.74, 6) is 1.30. The van der Waals surface area contributed by atoms with Gasteiger partial charge < -0.3 is 25.4 Å². The van der Waals surface area contributed by atoms with Crippen LogP contribution >= 0.6 is 0 Å². The number of urea groups is 1. The fourth-order valence-electron chi connectivity index (χ4n) is 3.64. The van der Waals surface area contributed by atoms with Crippen molar-refractivity contribution in [1.82, 2.24) is 20.2 Å². The summed E-state index contributed by atoms with van der Waals surface area (Å²) < 4.78 is 18.8. The summed E-state index contributed by atoms with van der Waals surface area (Å²) in [6.07, 6.45) is 2.46. The zero-order valence-corrected chi connectivity index (χ0v) is 19.2. The van der Waals surface area contributed by atoms with Crippen LogP contribution in [0.1, 0.15) is 36.7 Å². The van der Waals surface area contributed by atoms with Crippen LogP contribution in [0, 0.1) is 5.82 Å². The number of carbonyl (C=O) groups excluding carboxylic acids is 1. The van der Waals surface area contributed by atoms with E-state index in [1.807, 2.05) is 38.1 Å².